The second-order valence-electron chi connectivity index (χ2n) is 10.7. The molecule has 40 heavy (non-hydrogen) atoms. The molecule has 3 aromatic rings. The number of nitrogens with zero attached hydrogens (tertiary/aromatic N) is 5. The number of hydrogen-bond donors (Lipinski definition) is 2. The van der Waals surface area contributed by atoms with Crippen LogP contribution in [0.15, 0.2) is 42.5 Å². The molecule has 0 saturated heterocycles. The third kappa shape index (κ3) is 7.22. The summed E-state index contributed by atoms with van der Waals surface area (Å²) >= 11 is 0. The minimum Gasteiger partial charge on any atom is -0.384 e. The smallest absolute Gasteiger partial charge is 0.253 e. The van der Waals surface area contributed by atoms with Crippen molar-refractivity contribution >= 4 is 5.91 Å². The molecule has 0 aliphatic rings. The van der Waals surface area contributed by atoms with Crippen LogP contribution in [0.4, 0.5) is 17.6 Å². The lowest BCUT2D eigenvalue weighted by Gasteiger charge is -2.40. The first kappa shape index (κ1) is 30.7. The fourth-order valence-corrected chi connectivity index (χ4v) is 4.38. The van der Waals surface area contributed by atoms with E-state index in [1.165, 1.54) is 16.5 Å². The van der Waals surface area contributed by atoms with Gasteiger partial charge in [-0.3, -0.25) is 4.79 Å². The van der Waals surface area contributed by atoms with Gasteiger partial charge in [0.05, 0.1) is 35.8 Å². The van der Waals surface area contributed by atoms with Crippen LogP contribution in [0.3, 0.4) is 0 Å². The first-order chi connectivity index (χ1) is 18.7. The minimum absolute atomic E-state index is 0.0363. The van der Waals surface area contributed by atoms with Gasteiger partial charge in [0.15, 0.2) is 11.6 Å². The van der Waals surface area contributed by atoms with Crippen molar-refractivity contribution in [2.75, 3.05) is 6.54 Å². The van der Waals surface area contributed by atoms with Crippen LogP contribution in [-0.2, 0) is 11.3 Å². The highest BCUT2D eigenvalue weighted by atomic mass is 19.3. The van der Waals surface area contributed by atoms with Crippen LogP contribution in [0.25, 0.3) is 11.4 Å². The SMILES string of the molecule is C[C@H](O)C(=O)N(CC[C@H](N)C(F)F)C(c1nc(-c2cc(F)ccc2F)nn1Cc1cccc(C#N)c1)C(C)(C)C. The van der Waals surface area contributed by atoms with Gasteiger partial charge in [-0.25, -0.2) is 27.2 Å². The molecule has 3 atom stereocenters. The summed E-state index contributed by atoms with van der Waals surface area (Å²) in [5, 5.41) is 24.0. The number of hydrogen-bond acceptors (Lipinski definition) is 6. The third-order valence-corrected chi connectivity index (χ3v) is 6.30. The van der Waals surface area contributed by atoms with Crippen molar-refractivity contribution < 1.29 is 27.5 Å². The summed E-state index contributed by atoms with van der Waals surface area (Å²) in [6, 6.07) is 9.07. The summed E-state index contributed by atoms with van der Waals surface area (Å²) in [5.41, 5.74) is 5.57. The molecule has 0 fully saturated rings. The molecule has 0 bridgehead atoms. The maximum absolute atomic E-state index is 14.8. The zero-order valence-electron chi connectivity index (χ0n) is 22.7. The Labute approximate surface area is 230 Å². The van der Waals surface area contributed by atoms with Crippen molar-refractivity contribution in [1.82, 2.24) is 19.7 Å². The molecule has 214 valence electrons. The van der Waals surface area contributed by atoms with Gasteiger partial charge in [-0.05, 0) is 54.7 Å². The van der Waals surface area contributed by atoms with Gasteiger partial charge in [0.1, 0.15) is 17.7 Å². The number of halogens is 4. The van der Waals surface area contributed by atoms with Crippen LogP contribution < -0.4 is 5.73 Å². The highest BCUT2D eigenvalue weighted by molar-refractivity contribution is 5.80. The number of rotatable bonds is 10. The summed E-state index contributed by atoms with van der Waals surface area (Å²) in [5.74, 6) is -2.25. The van der Waals surface area contributed by atoms with E-state index in [1.807, 2.05) is 0 Å². The van der Waals surface area contributed by atoms with Gasteiger partial charge in [-0.1, -0.05) is 32.9 Å². The van der Waals surface area contributed by atoms with E-state index in [0.29, 0.717) is 11.1 Å². The Morgan fingerprint density at radius 2 is 1.90 bits per heavy atom. The summed E-state index contributed by atoms with van der Waals surface area (Å²) in [6.07, 6.45) is -4.57. The summed E-state index contributed by atoms with van der Waals surface area (Å²) in [6.45, 7) is 6.40. The standard InChI is InChI=1S/C28H32F4N6O2/c1-16(39)27(40)37(11-10-22(34)24(31)32)23(28(2,3)4)26-35-25(20-13-19(29)8-9-21(20)30)36-38(26)15-18-7-5-6-17(12-18)14-33/h5-9,12-13,16,22-24,39H,10-11,15,34H2,1-4H3/t16-,22-,23?/m0/s1. The highest BCUT2D eigenvalue weighted by Crippen LogP contribution is 2.39. The number of aromatic nitrogens is 3. The van der Waals surface area contributed by atoms with Gasteiger partial charge < -0.3 is 15.7 Å². The predicted molar refractivity (Wildman–Crippen MR) is 140 cm³/mol. The van der Waals surface area contributed by atoms with Crippen molar-refractivity contribution in [2.24, 2.45) is 11.1 Å². The van der Waals surface area contributed by atoms with Crippen molar-refractivity contribution in [2.45, 2.75) is 65.3 Å². The van der Waals surface area contributed by atoms with E-state index in [9.17, 15) is 32.7 Å². The molecule has 1 heterocycles. The van der Waals surface area contributed by atoms with Gasteiger partial charge >= 0.3 is 0 Å². The summed E-state index contributed by atoms with van der Waals surface area (Å²) in [7, 11) is 0. The van der Waals surface area contributed by atoms with E-state index >= 15 is 0 Å². The molecule has 8 nitrogen and oxygen atoms in total. The maximum atomic E-state index is 14.8. The molecule has 3 rings (SSSR count). The van der Waals surface area contributed by atoms with E-state index < -0.39 is 47.6 Å². The highest BCUT2D eigenvalue weighted by Gasteiger charge is 2.40. The van der Waals surface area contributed by atoms with Crippen LogP contribution in [0.5, 0.6) is 0 Å². The number of nitriles is 1. The first-order valence-corrected chi connectivity index (χ1v) is 12.6. The van der Waals surface area contributed by atoms with Crippen molar-refractivity contribution in [1.29, 1.82) is 5.26 Å². The zero-order valence-corrected chi connectivity index (χ0v) is 22.7. The molecule has 1 aromatic heterocycles. The molecule has 2 aromatic carbocycles. The zero-order chi connectivity index (χ0) is 29.8. The number of carbonyl (C=O) groups is 1. The molecular weight excluding hydrogens is 528 g/mol. The second-order valence-corrected chi connectivity index (χ2v) is 10.7. The minimum atomic E-state index is -2.82. The Balaban J connectivity index is 2.23. The number of alkyl halides is 2. The molecule has 1 unspecified atom stereocenters. The van der Waals surface area contributed by atoms with E-state index in [2.05, 4.69) is 16.2 Å². The van der Waals surface area contributed by atoms with Gasteiger partial charge in [0.2, 0.25) is 0 Å². The van der Waals surface area contributed by atoms with Crippen LogP contribution in [-0.4, -0.2) is 55.8 Å². The van der Waals surface area contributed by atoms with Crippen LogP contribution in [0.1, 0.15) is 57.1 Å². The van der Waals surface area contributed by atoms with Gasteiger partial charge in [-0.2, -0.15) is 10.4 Å². The molecular formula is C28H32F4N6O2. The van der Waals surface area contributed by atoms with E-state index in [1.54, 1.807) is 45.0 Å². The molecule has 0 aliphatic carbocycles. The molecule has 12 heteroatoms. The van der Waals surface area contributed by atoms with E-state index in [0.717, 1.165) is 18.2 Å². The molecule has 0 saturated carbocycles. The molecule has 0 radical (unpaired) electrons. The first-order valence-electron chi connectivity index (χ1n) is 12.6. The predicted octanol–water partition coefficient (Wildman–Crippen LogP) is 4.42. The lowest BCUT2D eigenvalue weighted by molar-refractivity contribution is -0.145. The molecule has 0 aliphatic heterocycles. The summed E-state index contributed by atoms with van der Waals surface area (Å²) < 4.78 is 56.7. The average molecular weight is 561 g/mol. The van der Waals surface area contributed by atoms with Crippen LogP contribution >= 0.6 is 0 Å². The number of carbonyl (C=O) groups excluding carboxylic acids is 1. The number of amides is 1. The normalized spacial score (nSPS) is 14.1. The fourth-order valence-electron chi connectivity index (χ4n) is 4.38. The number of aliphatic hydroxyl groups excluding tert-OH is 1. The summed E-state index contributed by atoms with van der Waals surface area (Å²) in [4.78, 5) is 19.0. The van der Waals surface area contributed by atoms with Crippen molar-refractivity contribution in [3.63, 3.8) is 0 Å². The number of aliphatic hydroxyl groups is 1. The maximum Gasteiger partial charge on any atom is 0.253 e. The van der Waals surface area contributed by atoms with Crippen LogP contribution in [0.2, 0.25) is 0 Å². The fraction of sp³-hybridized carbons (Fsp3) is 0.429. The Morgan fingerprint density at radius 1 is 1.20 bits per heavy atom. The number of nitrogens with two attached hydrogens (primary N) is 1. The van der Waals surface area contributed by atoms with E-state index in [-0.39, 0.29) is 36.7 Å². The van der Waals surface area contributed by atoms with Crippen molar-refractivity contribution in [3.8, 4) is 17.5 Å². The quantitative estimate of drug-likeness (QED) is 0.354. The average Bonchev–Trinajstić information content (AvgIpc) is 3.28. The van der Waals surface area contributed by atoms with Gasteiger partial charge in [-0.15, -0.1) is 0 Å². The molecule has 0 spiro atoms. The lowest BCUT2D eigenvalue weighted by atomic mass is 9.84. The van der Waals surface area contributed by atoms with Crippen molar-refractivity contribution in [3.05, 3.63) is 71.1 Å². The Morgan fingerprint density at radius 3 is 2.50 bits per heavy atom. The monoisotopic (exact) mass is 560 g/mol. The van der Waals surface area contributed by atoms with Crippen LogP contribution in [0, 0.1) is 28.4 Å². The molecule has 3 N–H and O–H groups in total. The number of benzene rings is 2. The lowest BCUT2D eigenvalue weighted by Crippen LogP contribution is -2.48. The largest absolute Gasteiger partial charge is 0.384 e. The van der Waals surface area contributed by atoms with E-state index in [4.69, 9.17) is 5.73 Å². The Kier molecular flexibility index (Phi) is 9.65. The topological polar surface area (TPSA) is 121 Å². The third-order valence-electron chi connectivity index (χ3n) is 6.30. The molecule has 1 amide bonds. The van der Waals surface area contributed by atoms with Gasteiger partial charge in [0.25, 0.3) is 12.3 Å². The Hall–Kier alpha value is -3.82. The Bertz CT molecular complexity index is 1380. The van der Waals surface area contributed by atoms with Gasteiger partial charge in [0, 0.05) is 6.54 Å². The second kappa shape index (κ2) is 12.6.